The first kappa shape index (κ1) is 98.1. The number of esters is 4. The maximum Gasteiger partial charge on any atom is 0.472 e. The van der Waals surface area contributed by atoms with E-state index in [0.717, 1.165) is 102 Å². The number of phosphoric acid groups is 2. The Morgan fingerprint density at radius 3 is 0.680 bits per heavy atom. The molecule has 0 aliphatic rings. The van der Waals surface area contributed by atoms with Gasteiger partial charge < -0.3 is 33.8 Å². The Balaban J connectivity index is 5.25. The number of hydrogen-bond donors (Lipinski definition) is 3. The highest BCUT2D eigenvalue weighted by Gasteiger charge is 2.30. The summed E-state index contributed by atoms with van der Waals surface area (Å²) in [7, 11) is -9.92. The Bertz CT molecular complexity index is 1920. The number of aliphatic hydroxyl groups is 1. The summed E-state index contributed by atoms with van der Waals surface area (Å²) in [4.78, 5) is 73.0. The molecule has 594 valence electrons. The third-order valence-corrected chi connectivity index (χ3v) is 20.9. The molecule has 0 rings (SSSR count). The highest BCUT2D eigenvalue weighted by Crippen LogP contribution is 2.45. The molecule has 19 heteroatoms. The Hall–Kier alpha value is -1.94. The molecule has 17 nitrogen and oxygen atoms in total. The summed E-state index contributed by atoms with van der Waals surface area (Å²) in [6.45, 7) is 9.69. The summed E-state index contributed by atoms with van der Waals surface area (Å²) in [5.41, 5.74) is 0. The van der Waals surface area contributed by atoms with E-state index in [9.17, 15) is 43.2 Å². The van der Waals surface area contributed by atoms with Crippen LogP contribution in [0.25, 0.3) is 0 Å². The van der Waals surface area contributed by atoms with Gasteiger partial charge in [-0.1, -0.05) is 375 Å². The van der Waals surface area contributed by atoms with Gasteiger partial charge in [0.1, 0.15) is 19.3 Å². The molecule has 0 saturated carbocycles. The zero-order valence-electron chi connectivity index (χ0n) is 65.5. The Kier molecular flexibility index (Phi) is 71.2. The largest absolute Gasteiger partial charge is 0.472 e. The molecule has 0 aromatic rings. The van der Waals surface area contributed by atoms with Gasteiger partial charge in [0.25, 0.3) is 0 Å². The van der Waals surface area contributed by atoms with Crippen molar-refractivity contribution < 1.29 is 80.2 Å². The van der Waals surface area contributed by atoms with Crippen LogP contribution < -0.4 is 0 Å². The van der Waals surface area contributed by atoms with Crippen molar-refractivity contribution in [2.45, 2.75) is 445 Å². The van der Waals surface area contributed by atoms with Gasteiger partial charge in [-0.05, 0) is 37.5 Å². The molecule has 0 aliphatic carbocycles. The topological polar surface area (TPSA) is 237 Å². The van der Waals surface area contributed by atoms with Gasteiger partial charge in [-0.25, -0.2) is 9.13 Å². The SMILES string of the molecule is CCCCCCCCCCCCCCCCC(=O)O[C@H](COC(=O)CCCCCCCCCCCCC)COP(=O)(O)OC[C@H](O)COP(=O)(O)OC[C@@H](COC(=O)CCCCCCCCCCCCCCCC(C)C)OC(=O)CCCCCCCCCCCCCCCCCCC(C)C. The van der Waals surface area contributed by atoms with E-state index in [1.54, 1.807) is 0 Å². The Morgan fingerprint density at radius 2 is 0.460 bits per heavy atom. The maximum absolute atomic E-state index is 13.1. The van der Waals surface area contributed by atoms with E-state index in [1.807, 2.05) is 0 Å². The molecule has 0 bridgehead atoms. The fraction of sp³-hybridized carbons (Fsp3) is 0.951. The summed E-state index contributed by atoms with van der Waals surface area (Å²) in [5.74, 6) is -0.506. The minimum absolute atomic E-state index is 0.108. The highest BCUT2D eigenvalue weighted by molar-refractivity contribution is 7.47. The van der Waals surface area contributed by atoms with Crippen molar-refractivity contribution in [3.63, 3.8) is 0 Å². The molecule has 0 spiro atoms. The molecular formula is C81H158O17P2. The third-order valence-electron chi connectivity index (χ3n) is 19.0. The van der Waals surface area contributed by atoms with E-state index in [4.69, 9.17) is 37.0 Å². The van der Waals surface area contributed by atoms with Crippen molar-refractivity contribution >= 4 is 39.5 Å². The van der Waals surface area contributed by atoms with Gasteiger partial charge in [0.2, 0.25) is 0 Å². The molecule has 5 atom stereocenters. The van der Waals surface area contributed by atoms with Crippen molar-refractivity contribution in [1.82, 2.24) is 0 Å². The van der Waals surface area contributed by atoms with E-state index < -0.39 is 97.5 Å². The quantitative estimate of drug-likeness (QED) is 0.0222. The normalized spacial score (nSPS) is 13.9. The number of unbranched alkanes of at least 4 members (excludes halogenated alkanes) is 50. The molecule has 0 aromatic heterocycles. The first-order valence-corrected chi connectivity index (χ1v) is 45.0. The lowest BCUT2D eigenvalue weighted by Gasteiger charge is -2.21. The van der Waals surface area contributed by atoms with E-state index >= 15 is 0 Å². The Morgan fingerprint density at radius 1 is 0.270 bits per heavy atom. The lowest BCUT2D eigenvalue weighted by molar-refractivity contribution is -0.161. The summed E-state index contributed by atoms with van der Waals surface area (Å²) in [6.07, 6.45) is 62.3. The molecule has 0 amide bonds. The third kappa shape index (κ3) is 74.3. The van der Waals surface area contributed by atoms with Crippen molar-refractivity contribution in [3.05, 3.63) is 0 Å². The summed E-state index contributed by atoms with van der Waals surface area (Å²) in [6, 6.07) is 0. The predicted octanol–water partition coefficient (Wildman–Crippen LogP) is 24.3. The van der Waals surface area contributed by atoms with Crippen LogP contribution in [0.1, 0.15) is 427 Å². The first-order valence-electron chi connectivity index (χ1n) is 42.0. The van der Waals surface area contributed by atoms with Crippen LogP contribution in [0, 0.1) is 11.8 Å². The first-order chi connectivity index (χ1) is 48.4. The zero-order chi connectivity index (χ0) is 73.5. The number of carbonyl (C=O) groups is 4. The molecule has 0 saturated heterocycles. The van der Waals surface area contributed by atoms with E-state index in [1.165, 1.54) is 244 Å². The second-order valence-electron chi connectivity index (χ2n) is 30.1. The minimum Gasteiger partial charge on any atom is -0.462 e. The maximum atomic E-state index is 13.1. The highest BCUT2D eigenvalue weighted by atomic mass is 31.2. The molecular weight excluding hydrogens is 1310 g/mol. The predicted molar refractivity (Wildman–Crippen MR) is 409 cm³/mol. The van der Waals surface area contributed by atoms with E-state index in [-0.39, 0.29) is 25.7 Å². The van der Waals surface area contributed by atoms with Gasteiger partial charge in [-0.3, -0.25) is 37.3 Å². The number of ether oxygens (including phenoxy) is 4. The fourth-order valence-electron chi connectivity index (χ4n) is 12.5. The van der Waals surface area contributed by atoms with Gasteiger partial charge >= 0.3 is 39.5 Å². The minimum atomic E-state index is -4.96. The number of hydrogen-bond acceptors (Lipinski definition) is 15. The van der Waals surface area contributed by atoms with Crippen LogP contribution in [-0.4, -0.2) is 96.7 Å². The van der Waals surface area contributed by atoms with Crippen molar-refractivity contribution in [2.24, 2.45) is 11.8 Å². The summed E-state index contributed by atoms with van der Waals surface area (Å²) >= 11 is 0. The monoisotopic (exact) mass is 1470 g/mol. The van der Waals surface area contributed by atoms with Gasteiger partial charge in [-0.15, -0.1) is 0 Å². The number of aliphatic hydroxyl groups excluding tert-OH is 1. The summed E-state index contributed by atoms with van der Waals surface area (Å²) in [5, 5.41) is 10.6. The second kappa shape index (κ2) is 72.6. The van der Waals surface area contributed by atoms with Gasteiger partial charge in [0.15, 0.2) is 12.2 Å². The van der Waals surface area contributed by atoms with E-state index in [0.29, 0.717) is 25.7 Å². The van der Waals surface area contributed by atoms with Gasteiger partial charge in [0, 0.05) is 25.7 Å². The van der Waals surface area contributed by atoms with Crippen molar-refractivity contribution in [3.8, 4) is 0 Å². The van der Waals surface area contributed by atoms with Crippen LogP contribution in [0.2, 0.25) is 0 Å². The second-order valence-corrected chi connectivity index (χ2v) is 33.0. The average molecular weight is 1470 g/mol. The number of phosphoric ester groups is 2. The van der Waals surface area contributed by atoms with Crippen LogP contribution in [0.4, 0.5) is 0 Å². The molecule has 100 heavy (non-hydrogen) atoms. The van der Waals surface area contributed by atoms with Crippen LogP contribution in [-0.2, 0) is 65.4 Å². The molecule has 0 fully saturated rings. The molecule has 2 unspecified atom stereocenters. The fourth-order valence-corrected chi connectivity index (χ4v) is 14.1. The van der Waals surface area contributed by atoms with Crippen LogP contribution >= 0.6 is 15.6 Å². The number of rotatable bonds is 80. The van der Waals surface area contributed by atoms with Gasteiger partial charge in [0.05, 0.1) is 26.4 Å². The van der Waals surface area contributed by atoms with Crippen LogP contribution in [0.5, 0.6) is 0 Å². The van der Waals surface area contributed by atoms with Crippen molar-refractivity contribution in [1.29, 1.82) is 0 Å². The lowest BCUT2D eigenvalue weighted by Crippen LogP contribution is -2.30. The van der Waals surface area contributed by atoms with E-state index in [2.05, 4.69) is 41.5 Å². The van der Waals surface area contributed by atoms with Crippen LogP contribution in [0.3, 0.4) is 0 Å². The standard InChI is InChI=1S/C81H158O17P2/c1-7-9-11-13-15-17-19-20-28-35-41-47-53-59-65-80(85)97-76(69-91-78(83)63-57-51-45-39-31-18-16-14-12-10-8-2)71-95-99(87,88)93-67-75(82)68-94-100(89,90)96-72-77(70-92-79(84)64-58-52-46-40-34-30-25-27-33-38-44-50-56-62-74(5)6)98-81(86)66-60-54-48-42-36-29-24-22-21-23-26-32-37-43-49-55-61-73(3)4/h73-77,82H,7-72H2,1-6H3,(H,87,88)(H,89,90)/t75-,76+,77+/m0/s1. The smallest absolute Gasteiger partial charge is 0.462 e. The Labute approximate surface area is 613 Å². The molecule has 0 heterocycles. The number of carbonyl (C=O) groups excluding carboxylic acids is 4. The lowest BCUT2D eigenvalue weighted by atomic mass is 10.0. The molecule has 3 N–H and O–H groups in total. The van der Waals surface area contributed by atoms with Gasteiger partial charge in [-0.2, -0.15) is 0 Å². The van der Waals surface area contributed by atoms with Crippen molar-refractivity contribution in [2.75, 3.05) is 39.6 Å². The zero-order valence-corrected chi connectivity index (χ0v) is 67.3. The molecule has 0 aliphatic heterocycles. The molecule has 0 aromatic carbocycles. The molecule has 0 radical (unpaired) electrons. The summed E-state index contributed by atoms with van der Waals surface area (Å²) < 4.78 is 68.7. The van der Waals surface area contributed by atoms with Crippen LogP contribution in [0.15, 0.2) is 0 Å². The average Bonchev–Trinajstić information content (AvgIpc) is 1.02.